The van der Waals surface area contributed by atoms with Gasteiger partial charge in [-0.1, -0.05) is 24.3 Å². The molecule has 0 atom stereocenters. The van der Waals surface area contributed by atoms with E-state index in [1.807, 2.05) is 24.3 Å². The van der Waals surface area contributed by atoms with Crippen molar-refractivity contribution < 1.29 is 9.59 Å². The second kappa shape index (κ2) is 4.74. The minimum Gasteiger partial charge on any atom is -0.366 e. The average molecular weight is 280 g/mol. The van der Waals surface area contributed by atoms with Gasteiger partial charge < -0.3 is 11.5 Å². The first-order valence-corrected chi connectivity index (χ1v) is 6.84. The van der Waals surface area contributed by atoms with Crippen molar-refractivity contribution >= 4 is 11.8 Å². The van der Waals surface area contributed by atoms with E-state index < -0.39 is 11.8 Å². The topological polar surface area (TPSA) is 86.2 Å². The van der Waals surface area contributed by atoms with E-state index in [1.165, 1.54) is 11.1 Å². The van der Waals surface area contributed by atoms with Crippen LogP contribution in [-0.2, 0) is 5.41 Å². The standard InChI is InChI=1S/C17H16N2O2/c18-15(20)11-1-5-13(6-2-11)17(9-10-17)14-7-3-12(4-8-14)16(19)21/h1-8H,9-10H2,(H2,18,20)(H2,19,21). The van der Waals surface area contributed by atoms with Gasteiger partial charge in [-0.25, -0.2) is 0 Å². The van der Waals surface area contributed by atoms with Crippen molar-refractivity contribution in [2.24, 2.45) is 11.5 Å². The van der Waals surface area contributed by atoms with E-state index in [9.17, 15) is 9.59 Å². The average Bonchev–Trinajstić information content (AvgIpc) is 3.29. The fourth-order valence-electron chi connectivity index (χ4n) is 2.78. The summed E-state index contributed by atoms with van der Waals surface area (Å²) in [7, 11) is 0. The molecule has 0 radical (unpaired) electrons. The molecule has 1 saturated carbocycles. The van der Waals surface area contributed by atoms with Crippen LogP contribution in [-0.4, -0.2) is 11.8 Å². The number of benzene rings is 2. The summed E-state index contributed by atoms with van der Waals surface area (Å²) < 4.78 is 0. The lowest BCUT2D eigenvalue weighted by atomic mass is 9.87. The van der Waals surface area contributed by atoms with E-state index >= 15 is 0 Å². The molecule has 4 N–H and O–H groups in total. The van der Waals surface area contributed by atoms with Gasteiger partial charge in [0, 0.05) is 16.5 Å². The van der Waals surface area contributed by atoms with Crippen LogP contribution in [0.15, 0.2) is 48.5 Å². The molecule has 0 bridgehead atoms. The molecular formula is C17H16N2O2. The minimum atomic E-state index is -0.419. The highest BCUT2D eigenvalue weighted by atomic mass is 16.1. The number of amides is 2. The van der Waals surface area contributed by atoms with Crippen molar-refractivity contribution in [2.75, 3.05) is 0 Å². The summed E-state index contributed by atoms with van der Waals surface area (Å²) >= 11 is 0. The molecule has 0 aliphatic heterocycles. The Morgan fingerprint density at radius 2 is 1.05 bits per heavy atom. The predicted molar refractivity (Wildman–Crippen MR) is 79.9 cm³/mol. The lowest BCUT2D eigenvalue weighted by Gasteiger charge is -2.17. The number of carbonyl (C=O) groups is 2. The van der Waals surface area contributed by atoms with Gasteiger partial charge in [0.05, 0.1) is 0 Å². The quantitative estimate of drug-likeness (QED) is 0.897. The van der Waals surface area contributed by atoms with Gasteiger partial charge in [-0.3, -0.25) is 9.59 Å². The zero-order valence-electron chi connectivity index (χ0n) is 11.5. The molecule has 0 saturated heterocycles. The Labute approximate surface area is 122 Å². The van der Waals surface area contributed by atoms with Crippen LogP contribution < -0.4 is 11.5 Å². The summed E-state index contributed by atoms with van der Waals surface area (Å²) in [5.41, 5.74) is 13.9. The van der Waals surface area contributed by atoms with Crippen molar-refractivity contribution in [2.45, 2.75) is 18.3 Å². The van der Waals surface area contributed by atoms with Crippen LogP contribution in [0.5, 0.6) is 0 Å². The van der Waals surface area contributed by atoms with Gasteiger partial charge in [0.25, 0.3) is 0 Å². The summed E-state index contributed by atoms with van der Waals surface area (Å²) in [6.45, 7) is 0. The highest BCUT2D eigenvalue weighted by molar-refractivity contribution is 5.93. The second-order valence-corrected chi connectivity index (χ2v) is 5.47. The van der Waals surface area contributed by atoms with Crippen LogP contribution in [0.3, 0.4) is 0 Å². The zero-order chi connectivity index (χ0) is 15.0. The van der Waals surface area contributed by atoms with E-state index in [-0.39, 0.29) is 5.41 Å². The van der Waals surface area contributed by atoms with Gasteiger partial charge in [0.15, 0.2) is 0 Å². The molecule has 4 heteroatoms. The third kappa shape index (κ3) is 2.29. The number of rotatable bonds is 4. The molecule has 0 unspecified atom stereocenters. The van der Waals surface area contributed by atoms with E-state index in [2.05, 4.69) is 0 Å². The largest absolute Gasteiger partial charge is 0.366 e. The summed E-state index contributed by atoms with van der Waals surface area (Å²) in [5, 5.41) is 0. The summed E-state index contributed by atoms with van der Waals surface area (Å²) in [4.78, 5) is 22.3. The molecule has 106 valence electrons. The maximum Gasteiger partial charge on any atom is 0.248 e. The first kappa shape index (κ1) is 13.4. The number of primary amides is 2. The van der Waals surface area contributed by atoms with Gasteiger partial charge in [0.1, 0.15) is 0 Å². The SMILES string of the molecule is NC(=O)c1ccc(C2(c3ccc(C(N)=O)cc3)CC2)cc1. The van der Waals surface area contributed by atoms with Crippen molar-refractivity contribution in [3.63, 3.8) is 0 Å². The molecule has 1 aliphatic rings. The van der Waals surface area contributed by atoms with Crippen LogP contribution >= 0.6 is 0 Å². The maximum absolute atomic E-state index is 11.1. The lowest BCUT2D eigenvalue weighted by Crippen LogP contribution is -2.14. The van der Waals surface area contributed by atoms with E-state index in [4.69, 9.17) is 11.5 Å². The Morgan fingerprint density at radius 1 is 0.714 bits per heavy atom. The third-order valence-electron chi connectivity index (χ3n) is 4.19. The molecule has 2 amide bonds. The molecule has 1 aliphatic carbocycles. The van der Waals surface area contributed by atoms with Crippen LogP contribution in [0.1, 0.15) is 44.7 Å². The van der Waals surface area contributed by atoms with Crippen molar-refractivity contribution in [1.82, 2.24) is 0 Å². The summed E-state index contributed by atoms with van der Waals surface area (Å²) in [6.07, 6.45) is 2.11. The molecule has 4 nitrogen and oxygen atoms in total. The smallest absolute Gasteiger partial charge is 0.248 e. The Balaban J connectivity index is 1.93. The van der Waals surface area contributed by atoms with Gasteiger partial charge in [-0.15, -0.1) is 0 Å². The molecule has 21 heavy (non-hydrogen) atoms. The first-order chi connectivity index (χ1) is 10.0. The third-order valence-corrected chi connectivity index (χ3v) is 4.19. The second-order valence-electron chi connectivity index (χ2n) is 5.47. The summed E-state index contributed by atoms with van der Waals surface area (Å²) in [5.74, 6) is -0.839. The monoisotopic (exact) mass is 280 g/mol. The highest BCUT2D eigenvalue weighted by Gasteiger charge is 2.45. The number of carbonyl (C=O) groups excluding carboxylic acids is 2. The normalized spacial score (nSPS) is 15.4. The Bertz CT molecular complexity index is 639. The van der Waals surface area contributed by atoms with Crippen LogP contribution in [0, 0.1) is 0 Å². The Kier molecular flexibility index (Phi) is 3.01. The van der Waals surface area contributed by atoms with Crippen molar-refractivity contribution in [3.8, 4) is 0 Å². The number of hydrogen-bond donors (Lipinski definition) is 2. The first-order valence-electron chi connectivity index (χ1n) is 6.84. The van der Waals surface area contributed by atoms with Gasteiger partial charge in [0.2, 0.25) is 11.8 Å². The highest BCUT2D eigenvalue weighted by Crippen LogP contribution is 2.53. The fraction of sp³-hybridized carbons (Fsp3) is 0.176. The van der Waals surface area contributed by atoms with Crippen LogP contribution in [0.4, 0.5) is 0 Å². The molecular weight excluding hydrogens is 264 g/mol. The Hall–Kier alpha value is -2.62. The molecule has 2 aromatic carbocycles. The Morgan fingerprint density at radius 3 is 1.29 bits per heavy atom. The zero-order valence-corrected chi connectivity index (χ0v) is 11.5. The predicted octanol–water partition coefficient (Wildman–Crippen LogP) is 1.96. The molecule has 2 aromatic rings. The minimum absolute atomic E-state index is 0.00759. The van der Waals surface area contributed by atoms with Crippen molar-refractivity contribution in [1.29, 1.82) is 0 Å². The maximum atomic E-state index is 11.1. The van der Waals surface area contributed by atoms with Gasteiger partial charge >= 0.3 is 0 Å². The van der Waals surface area contributed by atoms with E-state index in [1.54, 1.807) is 24.3 Å². The molecule has 1 fully saturated rings. The van der Waals surface area contributed by atoms with Gasteiger partial charge in [-0.2, -0.15) is 0 Å². The lowest BCUT2D eigenvalue weighted by molar-refractivity contribution is 0.0992. The van der Waals surface area contributed by atoms with Crippen LogP contribution in [0.2, 0.25) is 0 Å². The molecule has 0 aromatic heterocycles. The number of nitrogens with two attached hydrogens (primary N) is 2. The van der Waals surface area contributed by atoms with E-state index in [0.29, 0.717) is 11.1 Å². The fourth-order valence-corrected chi connectivity index (χ4v) is 2.78. The summed E-state index contributed by atoms with van der Waals surface area (Å²) in [6, 6.07) is 14.9. The van der Waals surface area contributed by atoms with E-state index in [0.717, 1.165) is 12.8 Å². The number of hydrogen-bond acceptors (Lipinski definition) is 2. The molecule has 0 heterocycles. The van der Waals surface area contributed by atoms with Crippen molar-refractivity contribution in [3.05, 3.63) is 70.8 Å². The molecule has 0 spiro atoms. The van der Waals surface area contributed by atoms with Gasteiger partial charge in [-0.05, 0) is 48.2 Å². The van der Waals surface area contributed by atoms with Crippen LogP contribution in [0.25, 0.3) is 0 Å². The molecule has 3 rings (SSSR count).